The third-order valence-electron chi connectivity index (χ3n) is 13.0. The Morgan fingerprint density at radius 2 is 0.804 bits per heavy atom. The molecule has 0 spiro atoms. The summed E-state index contributed by atoms with van der Waals surface area (Å²) in [6.07, 6.45) is 40.2. The monoisotopic (exact) mass is 792 g/mol. The van der Waals surface area contributed by atoms with Gasteiger partial charge in [0.05, 0.1) is 25.0 Å². The minimum absolute atomic E-state index is 0.0355. The highest BCUT2D eigenvalue weighted by atomic mass is 16.5. The van der Waals surface area contributed by atoms with Crippen molar-refractivity contribution in [3.05, 3.63) is 0 Å². The minimum atomic E-state index is 0.0355. The summed E-state index contributed by atoms with van der Waals surface area (Å²) in [4.78, 5) is 29.8. The molecule has 2 unspecified atom stereocenters. The van der Waals surface area contributed by atoms with Crippen molar-refractivity contribution in [3.63, 3.8) is 0 Å². The molecule has 56 heavy (non-hydrogen) atoms. The van der Waals surface area contributed by atoms with Crippen molar-refractivity contribution in [2.75, 3.05) is 46.6 Å². The molecule has 0 aliphatic carbocycles. The molecule has 0 N–H and O–H groups in total. The molecule has 1 saturated heterocycles. The second-order valence-corrected chi connectivity index (χ2v) is 18.0. The van der Waals surface area contributed by atoms with Gasteiger partial charge in [-0.1, -0.05) is 182 Å². The van der Waals surface area contributed by atoms with E-state index in [1.807, 2.05) is 0 Å². The van der Waals surface area contributed by atoms with Crippen LogP contribution in [-0.4, -0.2) is 63.4 Å². The van der Waals surface area contributed by atoms with Gasteiger partial charge in [0, 0.05) is 13.7 Å². The lowest BCUT2D eigenvalue weighted by molar-refractivity contribution is -0.151. The van der Waals surface area contributed by atoms with E-state index in [0.717, 1.165) is 116 Å². The molecule has 0 radical (unpaired) electrons. The van der Waals surface area contributed by atoms with E-state index in [1.165, 1.54) is 128 Å². The Balaban J connectivity index is 2.82. The Morgan fingerprint density at radius 1 is 0.464 bits per heavy atom. The molecule has 0 aromatic heterocycles. The summed E-state index contributed by atoms with van der Waals surface area (Å²) in [7, 11) is 1.78. The zero-order valence-electron chi connectivity index (χ0n) is 38.4. The predicted octanol–water partition coefficient (Wildman–Crippen LogP) is 14.6. The van der Waals surface area contributed by atoms with Crippen molar-refractivity contribution in [1.29, 1.82) is 0 Å². The average molecular weight is 792 g/mol. The standard InChI is InChI=1S/C50H97NO5/c1-6-10-14-18-20-24-28-34-46(32-26-22-16-12-8-3)48(52)55-44-38-50(36-41-51(42-37-50)40-30-31-43-54-5)39-45-56-49(53)47(33-27-23-17-13-9-4)35-29-25-21-19-15-11-7-2/h46-47H,6-45H2,1-5H3. The fourth-order valence-corrected chi connectivity index (χ4v) is 8.87. The Labute approximate surface area is 349 Å². The number of esters is 2. The van der Waals surface area contributed by atoms with Crippen LogP contribution in [0.3, 0.4) is 0 Å². The Hall–Kier alpha value is -1.14. The number of ether oxygens (including phenoxy) is 3. The number of rotatable bonds is 41. The second-order valence-electron chi connectivity index (χ2n) is 18.0. The first-order valence-electron chi connectivity index (χ1n) is 25.0. The number of methoxy groups -OCH3 is 1. The van der Waals surface area contributed by atoms with E-state index in [0.29, 0.717) is 13.2 Å². The predicted molar refractivity (Wildman–Crippen MR) is 239 cm³/mol. The van der Waals surface area contributed by atoms with Crippen molar-refractivity contribution in [1.82, 2.24) is 4.90 Å². The van der Waals surface area contributed by atoms with Crippen molar-refractivity contribution >= 4 is 11.9 Å². The van der Waals surface area contributed by atoms with Crippen molar-refractivity contribution in [2.45, 2.75) is 246 Å². The molecule has 6 nitrogen and oxygen atoms in total. The molecular weight excluding hydrogens is 695 g/mol. The number of hydrogen-bond donors (Lipinski definition) is 0. The van der Waals surface area contributed by atoms with Crippen LogP contribution < -0.4 is 0 Å². The molecule has 0 aromatic rings. The number of likely N-dealkylation sites (tertiary alicyclic amines) is 1. The van der Waals surface area contributed by atoms with Gasteiger partial charge in [-0.2, -0.15) is 0 Å². The highest BCUT2D eigenvalue weighted by molar-refractivity contribution is 5.72. The lowest BCUT2D eigenvalue weighted by Crippen LogP contribution is -2.42. The van der Waals surface area contributed by atoms with Crippen LogP contribution in [0.1, 0.15) is 246 Å². The van der Waals surface area contributed by atoms with Gasteiger partial charge in [0.15, 0.2) is 0 Å². The first kappa shape index (κ1) is 52.9. The summed E-state index contributed by atoms with van der Waals surface area (Å²) < 4.78 is 17.7. The summed E-state index contributed by atoms with van der Waals surface area (Å²) in [6.45, 7) is 14.1. The van der Waals surface area contributed by atoms with Gasteiger partial charge in [-0.15, -0.1) is 0 Å². The second kappa shape index (κ2) is 38.1. The first-order chi connectivity index (χ1) is 27.4. The molecular formula is C50H97NO5. The molecule has 1 aliphatic heterocycles. The van der Waals surface area contributed by atoms with Gasteiger partial charge < -0.3 is 19.1 Å². The van der Waals surface area contributed by atoms with Crippen molar-refractivity contribution < 1.29 is 23.8 Å². The van der Waals surface area contributed by atoms with E-state index >= 15 is 0 Å². The number of carbonyl (C=O) groups is 2. The van der Waals surface area contributed by atoms with Crippen molar-refractivity contribution in [3.8, 4) is 0 Å². The van der Waals surface area contributed by atoms with Crippen LogP contribution in [0.25, 0.3) is 0 Å². The molecule has 0 bridgehead atoms. The van der Waals surface area contributed by atoms with E-state index in [4.69, 9.17) is 14.2 Å². The van der Waals surface area contributed by atoms with Crippen LogP contribution in [-0.2, 0) is 23.8 Å². The van der Waals surface area contributed by atoms with E-state index in [-0.39, 0.29) is 29.2 Å². The average Bonchev–Trinajstić information content (AvgIpc) is 3.20. The van der Waals surface area contributed by atoms with Crippen LogP contribution in [0.4, 0.5) is 0 Å². The summed E-state index contributed by atoms with van der Waals surface area (Å²) in [5.41, 5.74) is 0.0475. The lowest BCUT2D eigenvalue weighted by Gasteiger charge is -2.42. The van der Waals surface area contributed by atoms with Gasteiger partial charge in [-0.3, -0.25) is 9.59 Å². The van der Waals surface area contributed by atoms with Crippen LogP contribution in [0, 0.1) is 17.3 Å². The third kappa shape index (κ3) is 28.3. The molecule has 6 heteroatoms. The Morgan fingerprint density at radius 3 is 1.14 bits per heavy atom. The maximum atomic E-state index is 13.6. The number of piperidine rings is 1. The van der Waals surface area contributed by atoms with Crippen LogP contribution in [0.15, 0.2) is 0 Å². The molecule has 1 aliphatic rings. The molecule has 1 rings (SSSR count). The van der Waals surface area contributed by atoms with Gasteiger partial charge >= 0.3 is 11.9 Å². The summed E-state index contributed by atoms with van der Waals surface area (Å²) >= 11 is 0. The summed E-state index contributed by atoms with van der Waals surface area (Å²) in [5.74, 6) is 0.147. The normalized spacial score (nSPS) is 15.5. The number of hydrogen-bond acceptors (Lipinski definition) is 6. The molecule has 2 atom stereocenters. The fourth-order valence-electron chi connectivity index (χ4n) is 8.87. The smallest absolute Gasteiger partial charge is 0.308 e. The van der Waals surface area contributed by atoms with E-state index in [1.54, 1.807) is 7.11 Å². The quantitative estimate of drug-likeness (QED) is 0.0454. The largest absolute Gasteiger partial charge is 0.465 e. The maximum Gasteiger partial charge on any atom is 0.308 e. The van der Waals surface area contributed by atoms with Gasteiger partial charge in [0.1, 0.15) is 0 Å². The molecule has 1 heterocycles. The van der Waals surface area contributed by atoms with Gasteiger partial charge in [0.25, 0.3) is 0 Å². The minimum Gasteiger partial charge on any atom is -0.465 e. The SMILES string of the molecule is CCCCCCCCCC(CCCCCCC)C(=O)OCCC1(CCOC(=O)C(CCCCCCC)CCCCCCCCC)CCN(CCCCOC)CC1. The Kier molecular flexibility index (Phi) is 36.0. The highest BCUT2D eigenvalue weighted by Crippen LogP contribution is 2.39. The lowest BCUT2D eigenvalue weighted by atomic mass is 9.73. The van der Waals surface area contributed by atoms with Crippen LogP contribution in [0.5, 0.6) is 0 Å². The van der Waals surface area contributed by atoms with Crippen molar-refractivity contribution in [2.24, 2.45) is 17.3 Å². The van der Waals surface area contributed by atoms with Crippen LogP contribution in [0.2, 0.25) is 0 Å². The fraction of sp³-hybridized carbons (Fsp3) is 0.960. The zero-order chi connectivity index (χ0) is 40.8. The number of carbonyl (C=O) groups excluding carboxylic acids is 2. The van der Waals surface area contributed by atoms with E-state index in [2.05, 4.69) is 32.6 Å². The van der Waals surface area contributed by atoms with Crippen LogP contribution >= 0.6 is 0 Å². The third-order valence-corrected chi connectivity index (χ3v) is 13.0. The topological polar surface area (TPSA) is 65.1 Å². The van der Waals surface area contributed by atoms with Gasteiger partial charge in [-0.25, -0.2) is 0 Å². The molecule has 0 aromatic carbocycles. The summed E-state index contributed by atoms with van der Waals surface area (Å²) in [5, 5.41) is 0. The molecule has 0 amide bonds. The molecule has 1 fully saturated rings. The summed E-state index contributed by atoms with van der Waals surface area (Å²) in [6, 6.07) is 0. The molecule has 0 saturated carbocycles. The highest BCUT2D eigenvalue weighted by Gasteiger charge is 2.35. The Bertz CT molecular complexity index is 816. The van der Waals surface area contributed by atoms with E-state index < -0.39 is 0 Å². The molecule has 332 valence electrons. The van der Waals surface area contributed by atoms with Gasteiger partial charge in [-0.05, 0) is 89.3 Å². The number of nitrogens with zero attached hydrogens (tertiary/aromatic N) is 1. The van der Waals surface area contributed by atoms with E-state index in [9.17, 15) is 9.59 Å². The number of unbranched alkanes of at least 4 members (excludes halogenated alkanes) is 21. The maximum absolute atomic E-state index is 13.6. The first-order valence-corrected chi connectivity index (χ1v) is 25.0. The zero-order valence-corrected chi connectivity index (χ0v) is 38.4. The van der Waals surface area contributed by atoms with Gasteiger partial charge in [0.2, 0.25) is 0 Å².